The number of amides is 1. The van der Waals surface area contributed by atoms with Crippen LogP contribution in [0.4, 0.5) is 0 Å². The summed E-state index contributed by atoms with van der Waals surface area (Å²) in [7, 11) is 0. The van der Waals surface area contributed by atoms with Crippen LogP contribution in [0.25, 0.3) is 11.3 Å². The van der Waals surface area contributed by atoms with Gasteiger partial charge >= 0.3 is 0 Å². The van der Waals surface area contributed by atoms with Crippen LogP contribution < -0.4 is 10.9 Å². The highest BCUT2D eigenvalue weighted by molar-refractivity contribution is 5.75. The smallest absolute Gasteiger partial charge is 0.266 e. The molecule has 0 saturated heterocycles. The van der Waals surface area contributed by atoms with Crippen molar-refractivity contribution in [1.29, 1.82) is 0 Å². The van der Waals surface area contributed by atoms with Gasteiger partial charge in [0.05, 0.1) is 12.2 Å². The third-order valence-electron chi connectivity index (χ3n) is 4.37. The Morgan fingerprint density at radius 3 is 2.22 bits per heavy atom. The van der Waals surface area contributed by atoms with Gasteiger partial charge in [0.1, 0.15) is 0 Å². The molecule has 2 aromatic carbocycles. The maximum Gasteiger partial charge on any atom is 0.266 e. The molecule has 0 unspecified atom stereocenters. The fourth-order valence-electron chi connectivity index (χ4n) is 2.69. The highest BCUT2D eigenvalue weighted by Crippen LogP contribution is 2.15. The number of carbonyl (C=O) groups excluding carboxylic acids is 1. The Bertz CT molecular complexity index is 974. The topological polar surface area (TPSA) is 64.0 Å². The first-order valence-electron chi connectivity index (χ1n) is 8.99. The molecule has 0 bridgehead atoms. The Hall–Kier alpha value is -3.21. The van der Waals surface area contributed by atoms with E-state index in [-0.39, 0.29) is 24.4 Å². The van der Waals surface area contributed by atoms with Gasteiger partial charge in [0.25, 0.3) is 5.56 Å². The van der Waals surface area contributed by atoms with Crippen LogP contribution in [0.3, 0.4) is 0 Å². The average Bonchev–Trinajstić information content (AvgIpc) is 2.67. The molecule has 0 aliphatic carbocycles. The van der Waals surface area contributed by atoms with Gasteiger partial charge in [-0.15, -0.1) is 0 Å². The molecule has 1 heterocycles. The Morgan fingerprint density at radius 1 is 0.926 bits per heavy atom. The third kappa shape index (κ3) is 5.14. The quantitative estimate of drug-likeness (QED) is 0.733. The number of nitrogens with zero attached hydrogens (tertiary/aromatic N) is 2. The molecule has 0 aliphatic heterocycles. The van der Waals surface area contributed by atoms with Crippen LogP contribution in [0.1, 0.15) is 23.1 Å². The highest BCUT2D eigenvalue weighted by Gasteiger charge is 2.07. The first-order valence-corrected chi connectivity index (χ1v) is 8.99. The zero-order valence-electron chi connectivity index (χ0n) is 15.6. The maximum absolute atomic E-state index is 12.1. The van der Waals surface area contributed by atoms with E-state index in [9.17, 15) is 9.59 Å². The van der Waals surface area contributed by atoms with Crippen LogP contribution >= 0.6 is 0 Å². The molecule has 0 radical (unpaired) electrons. The second-order valence-electron chi connectivity index (χ2n) is 6.66. The number of rotatable bonds is 6. The molecular weight excluding hydrogens is 338 g/mol. The van der Waals surface area contributed by atoms with Crippen molar-refractivity contribution in [2.45, 2.75) is 33.4 Å². The molecule has 5 nitrogen and oxygen atoms in total. The van der Waals surface area contributed by atoms with Crippen LogP contribution in [0, 0.1) is 13.8 Å². The molecule has 1 aromatic heterocycles. The van der Waals surface area contributed by atoms with E-state index in [0.717, 1.165) is 22.4 Å². The van der Waals surface area contributed by atoms with Gasteiger partial charge in [-0.3, -0.25) is 9.59 Å². The van der Waals surface area contributed by atoms with E-state index < -0.39 is 0 Å². The van der Waals surface area contributed by atoms with Gasteiger partial charge in [-0.2, -0.15) is 5.10 Å². The number of aromatic nitrogens is 2. The van der Waals surface area contributed by atoms with E-state index in [2.05, 4.69) is 10.4 Å². The lowest BCUT2D eigenvalue weighted by atomic mass is 10.1. The van der Waals surface area contributed by atoms with Crippen LogP contribution in [-0.2, 0) is 17.9 Å². The van der Waals surface area contributed by atoms with Gasteiger partial charge in [-0.25, -0.2) is 4.68 Å². The summed E-state index contributed by atoms with van der Waals surface area (Å²) < 4.78 is 1.35. The van der Waals surface area contributed by atoms with Gasteiger partial charge in [-0.05, 0) is 25.5 Å². The van der Waals surface area contributed by atoms with Crippen molar-refractivity contribution in [3.63, 3.8) is 0 Å². The summed E-state index contributed by atoms with van der Waals surface area (Å²) in [5.74, 6) is -0.106. The molecule has 1 amide bonds. The highest BCUT2D eigenvalue weighted by atomic mass is 16.2. The van der Waals surface area contributed by atoms with Crippen molar-refractivity contribution >= 4 is 5.91 Å². The summed E-state index contributed by atoms with van der Waals surface area (Å²) >= 11 is 0. The van der Waals surface area contributed by atoms with Crippen LogP contribution in [0.2, 0.25) is 0 Å². The molecule has 3 aromatic rings. The minimum absolute atomic E-state index is 0.106. The molecule has 1 N–H and O–H groups in total. The Balaban J connectivity index is 1.60. The minimum atomic E-state index is -0.211. The zero-order valence-corrected chi connectivity index (χ0v) is 15.6. The number of nitrogens with one attached hydrogen (secondary N) is 1. The maximum atomic E-state index is 12.1. The van der Waals surface area contributed by atoms with Crippen molar-refractivity contribution in [3.05, 3.63) is 87.7 Å². The van der Waals surface area contributed by atoms with E-state index in [4.69, 9.17) is 0 Å². The summed E-state index contributed by atoms with van der Waals surface area (Å²) in [4.78, 5) is 24.2. The number of benzene rings is 2. The van der Waals surface area contributed by atoms with E-state index in [1.807, 2.05) is 62.4 Å². The Labute approximate surface area is 158 Å². The predicted molar refractivity (Wildman–Crippen MR) is 106 cm³/mol. The van der Waals surface area contributed by atoms with Crippen molar-refractivity contribution in [3.8, 4) is 11.3 Å². The van der Waals surface area contributed by atoms with Gasteiger partial charge in [-0.1, -0.05) is 59.7 Å². The van der Waals surface area contributed by atoms with Crippen molar-refractivity contribution in [2.24, 2.45) is 0 Å². The Morgan fingerprint density at radius 2 is 1.56 bits per heavy atom. The Kier molecular flexibility index (Phi) is 5.81. The van der Waals surface area contributed by atoms with Crippen molar-refractivity contribution < 1.29 is 4.79 Å². The lowest BCUT2D eigenvalue weighted by Crippen LogP contribution is -2.28. The summed E-state index contributed by atoms with van der Waals surface area (Å²) in [5, 5.41) is 7.27. The molecule has 5 heteroatoms. The van der Waals surface area contributed by atoms with Gasteiger partial charge in [0.2, 0.25) is 5.91 Å². The second kappa shape index (κ2) is 8.45. The first-order chi connectivity index (χ1) is 13.0. The van der Waals surface area contributed by atoms with Gasteiger partial charge in [0, 0.05) is 24.6 Å². The standard InChI is InChI=1S/C22H23N3O2/c1-16-3-7-18(8-4-16)15-23-21(26)13-14-25-22(27)12-11-20(24-25)19-9-5-17(2)6-10-19/h3-12H,13-15H2,1-2H3,(H,23,26). The number of hydrogen-bond acceptors (Lipinski definition) is 3. The first kappa shape index (κ1) is 18.6. The van der Waals surface area contributed by atoms with Crippen LogP contribution in [-0.4, -0.2) is 15.7 Å². The van der Waals surface area contributed by atoms with Gasteiger partial charge < -0.3 is 5.32 Å². The molecule has 0 saturated carbocycles. The largest absolute Gasteiger partial charge is 0.352 e. The summed E-state index contributed by atoms with van der Waals surface area (Å²) in [6.45, 7) is 4.77. The van der Waals surface area contributed by atoms with Crippen molar-refractivity contribution in [2.75, 3.05) is 0 Å². The SMILES string of the molecule is Cc1ccc(CNC(=O)CCn2nc(-c3ccc(C)cc3)ccc2=O)cc1. The number of carbonyl (C=O) groups is 1. The molecule has 0 aliphatic rings. The minimum Gasteiger partial charge on any atom is -0.352 e. The lowest BCUT2D eigenvalue weighted by Gasteiger charge is -2.08. The monoisotopic (exact) mass is 361 g/mol. The zero-order chi connectivity index (χ0) is 19.2. The molecule has 0 spiro atoms. The molecule has 138 valence electrons. The lowest BCUT2D eigenvalue weighted by molar-refractivity contribution is -0.121. The second-order valence-corrected chi connectivity index (χ2v) is 6.66. The fraction of sp³-hybridized carbons (Fsp3) is 0.227. The van der Waals surface area contributed by atoms with Crippen LogP contribution in [0.15, 0.2) is 65.5 Å². The fourth-order valence-corrected chi connectivity index (χ4v) is 2.69. The molecular formula is C22H23N3O2. The number of hydrogen-bond donors (Lipinski definition) is 1. The summed E-state index contributed by atoms with van der Waals surface area (Å²) in [6, 6.07) is 19.2. The van der Waals surface area contributed by atoms with Crippen molar-refractivity contribution in [1.82, 2.24) is 15.1 Å². The number of aryl methyl sites for hydroxylation is 3. The molecule has 0 fully saturated rings. The predicted octanol–water partition coefficient (Wildman–Crippen LogP) is 3.23. The van der Waals surface area contributed by atoms with E-state index in [1.165, 1.54) is 16.3 Å². The average molecular weight is 361 g/mol. The summed E-state index contributed by atoms with van der Waals surface area (Å²) in [5.41, 5.74) is 4.84. The molecule has 0 atom stereocenters. The molecule has 27 heavy (non-hydrogen) atoms. The van der Waals surface area contributed by atoms with Crippen LogP contribution in [0.5, 0.6) is 0 Å². The van der Waals surface area contributed by atoms with E-state index >= 15 is 0 Å². The normalized spacial score (nSPS) is 10.6. The molecule has 3 rings (SSSR count). The van der Waals surface area contributed by atoms with E-state index in [1.54, 1.807) is 6.07 Å². The summed E-state index contributed by atoms with van der Waals surface area (Å²) in [6.07, 6.45) is 0.204. The third-order valence-corrected chi connectivity index (χ3v) is 4.37. The van der Waals surface area contributed by atoms with E-state index in [0.29, 0.717) is 6.54 Å². The van der Waals surface area contributed by atoms with Gasteiger partial charge in [0.15, 0.2) is 0 Å².